The second-order valence-electron chi connectivity index (χ2n) is 2.31. The van der Waals surface area contributed by atoms with Crippen molar-refractivity contribution in [2.24, 2.45) is 0 Å². The molecule has 1 heterocycles. The van der Waals surface area contributed by atoms with E-state index in [0.717, 1.165) is 18.3 Å². The summed E-state index contributed by atoms with van der Waals surface area (Å²) < 4.78 is 36.2. The van der Waals surface area contributed by atoms with Crippen LogP contribution in [0.25, 0.3) is 0 Å². The van der Waals surface area contributed by atoms with E-state index in [9.17, 15) is 12.9 Å². The van der Waals surface area contributed by atoms with Gasteiger partial charge in [-0.2, -0.15) is 0 Å². The van der Waals surface area contributed by atoms with Crippen molar-refractivity contribution in [3.63, 3.8) is 0 Å². The van der Waals surface area contributed by atoms with Gasteiger partial charge < -0.3 is 18.1 Å². The van der Waals surface area contributed by atoms with Gasteiger partial charge in [-0.25, -0.2) is 0 Å². The van der Waals surface area contributed by atoms with Crippen LogP contribution in [0.4, 0.5) is 12.9 Å². The van der Waals surface area contributed by atoms with E-state index in [1.54, 1.807) is 0 Å². The van der Waals surface area contributed by atoms with Gasteiger partial charge in [0, 0.05) is 6.20 Å². The normalized spacial score (nSPS) is 10.8. The summed E-state index contributed by atoms with van der Waals surface area (Å²) in [6.45, 7) is -5.45. The summed E-state index contributed by atoms with van der Waals surface area (Å²) >= 11 is 0. The van der Waals surface area contributed by atoms with Gasteiger partial charge in [-0.1, -0.05) is 12.1 Å². The molecule has 0 atom stereocenters. The van der Waals surface area contributed by atoms with E-state index in [2.05, 4.69) is 4.98 Å². The Bertz CT molecular complexity index is 281. The van der Waals surface area contributed by atoms with Crippen molar-refractivity contribution >= 4 is 12.4 Å². The summed E-state index contributed by atoms with van der Waals surface area (Å²) in [6, 6.07) is 1.74. The van der Waals surface area contributed by atoms with Crippen molar-refractivity contribution in [1.82, 2.24) is 4.98 Å². The fraction of sp³-hybridized carbons (Fsp3) is 0.167. The fourth-order valence-corrected chi connectivity index (χ4v) is 0.787. The van der Waals surface area contributed by atoms with Gasteiger partial charge in [0.15, 0.2) is 0 Å². The molecule has 66 valence electrons. The molecule has 0 aliphatic rings. The van der Waals surface area contributed by atoms with E-state index in [1.807, 2.05) is 0 Å². The van der Waals surface area contributed by atoms with Crippen LogP contribution in [-0.4, -0.2) is 17.1 Å². The van der Waals surface area contributed by atoms with Crippen LogP contribution in [0.1, 0.15) is 5.69 Å². The van der Waals surface area contributed by atoms with Gasteiger partial charge >= 0.3 is 58.4 Å². The topological polar surface area (TPSA) is 33.1 Å². The van der Waals surface area contributed by atoms with Crippen molar-refractivity contribution in [3.8, 4) is 0 Å². The summed E-state index contributed by atoms with van der Waals surface area (Å²) in [5.41, 5.74) is -0.694. The van der Waals surface area contributed by atoms with Gasteiger partial charge in [0.05, 0.1) is 12.3 Å². The van der Waals surface area contributed by atoms with Gasteiger partial charge in [0.25, 0.3) is 0 Å². The van der Waals surface area contributed by atoms with Gasteiger partial charge in [-0.15, -0.1) is 5.46 Å². The van der Waals surface area contributed by atoms with Gasteiger partial charge in [-0.3, -0.25) is 4.98 Å². The first-order valence-corrected chi connectivity index (χ1v) is 3.29. The molecule has 1 rings (SSSR count). The molecular formula is C6H6BF3KNO. The minimum atomic E-state index is -4.98. The molecule has 0 radical (unpaired) electrons. The molecule has 0 amide bonds. The predicted octanol–water partition coefficient (Wildman–Crippen LogP) is -2.37. The SMILES string of the molecule is OCc1cc([B-](F)(F)F)ccn1.[K+]. The first-order valence-electron chi connectivity index (χ1n) is 3.29. The number of aliphatic hydroxyl groups excluding tert-OH is 1. The largest absolute Gasteiger partial charge is 1.00 e. The zero-order valence-electron chi connectivity index (χ0n) is 7.04. The first kappa shape index (κ1) is 13.6. The minimum absolute atomic E-state index is 0. The van der Waals surface area contributed by atoms with Crippen LogP contribution < -0.4 is 56.8 Å². The zero-order chi connectivity index (χ0) is 9.19. The molecule has 0 aromatic carbocycles. The quantitative estimate of drug-likeness (QED) is 0.559. The van der Waals surface area contributed by atoms with Gasteiger partial charge in [-0.05, 0) is 0 Å². The molecule has 0 unspecified atom stereocenters. The third kappa shape index (κ3) is 4.09. The minimum Gasteiger partial charge on any atom is -0.445 e. The summed E-state index contributed by atoms with van der Waals surface area (Å²) in [5.74, 6) is 0. The molecule has 0 spiro atoms. The summed E-state index contributed by atoms with van der Waals surface area (Å²) in [4.78, 5) is 3.53. The van der Waals surface area contributed by atoms with Gasteiger partial charge in [0.2, 0.25) is 0 Å². The van der Waals surface area contributed by atoms with Crippen molar-refractivity contribution in [1.29, 1.82) is 0 Å². The molecule has 2 nitrogen and oxygen atoms in total. The number of hydrogen-bond acceptors (Lipinski definition) is 2. The molecule has 1 aromatic heterocycles. The van der Waals surface area contributed by atoms with Crippen LogP contribution >= 0.6 is 0 Å². The van der Waals surface area contributed by atoms with E-state index >= 15 is 0 Å². The van der Waals surface area contributed by atoms with Gasteiger partial charge in [0.1, 0.15) is 0 Å². The van der Waals surface area contributed by atoms with E-state index in [-0.39, 0.29) is 57.1 Å². The number of rotatable bonds is 2. The van der Waals surface area contributed by atoms with Crippen molar-refractivity contribution in [3.05, 3.63) is 24.0 Å². The molecule has 0 saturated heterocycles. The Morgan fingerprint density at radius 2 is 2.00 bits per heavy atom. The molecule has 0 aliphatic carbocycles. The van der Waals surface area contributed by atoms with Crippen LogP contribution in [0.2, 0.25) is 0 Å². The van der Waals surface area contributed by atoms with Crippen molar-refractivity contribution in [2.75, 3.05) is 0 Å². The zero-order valence-corrected chi connectivity index (χ0v) is 10.2. The van der Waals surface area contributed by atoms with Crippen LogP contribution in [0, 0.1) is 0 Å². The maximum Gasteiger partial charge on any atom is 1.00 e. The maximum atomic E-state index is 12.1. The van der Waals surface area contributed by atoms with E-state index < -0.39 is 19.0 Å². The Kier molecular flexibility index (Phi) is 5.73. The number of hydrogen-bond donors (Lipinski definition) is 1. The van der Waals surface area contributed by atoms with E-state index in [0.29, 0.717) is 0 Å². The maximum absolute atomic E-state index is 12.1. The number of halogens is 3. The predicted molar refractivity (Wildman–Crippen MR) is 38.9 cm³/mol. The third-order valence-electron chi connectivity index (χ3n) is 1.38. The Balaban J connectivity index is 0.00000144. The van der Waals surface area contributed by atoms with Crippen LogP contribution in [0.15, 0.2) is 18.3 Å². The Morgan fingerprint density at radius 1 is 1.38 bits per heavy atom. The van der Waals surface area contributed by atoms with E-state index in [1.165, 1.54) is 0 Å². The summed E-state index contributed by atoms with van der Waals surface area (Å²) in [5, 5.41) is 8.50. The molecule has 7 heteroatoms. The molecule has 13 heavy (non-hydrogen) atoms. The van der Waals surface area contributed by atoms with Crippen molar-refractivity contribution in [2.45, 2.75) is 6.61 Å². The number of nitrogens with zero attached hydrogens (tertiary/aromatic N) is 1. The Hall–Kier alpha value is 0.601. The first-order chi connectivity index (χ1) is 5.54. The fourth-order valence-electron chi connectivity index (χ4n) is 0.787. The average Bonchev–Trinajstić information content (AvgIpc) is 2.03. The summed E-state index contributed by atoms with van der Waals surface area (Å²) in [6.07, 6.45) is 1.04. The number of pyridine rings is 1. The number of aliphatic hydroxyl groups is 1. The van der Waals surface area contributed by atoms with E-state index in [4.69, 9.17) is 5.11 Å². The Labute approximate surface area is 116 Å². The number of aromatic nitrogens is 1. The molecule has 0 fully saturated rings. The molecule has 0 saturated carbocycles. The van der Waals surface area contributed by atoms with Crippen LogP contribution in [0.3, 0.4) is 0 Å². The molecular weight excluding hydrogens is 209 g/mol. The van der Waals surface area contributed by atoms with Crippen molar-refractivity contribution < 1.29 is 69.4 Å². The molecule has 1 aromatic rings. The second-order valence-corrected chi connectivity index (χ2v) is 2.31. The smallest absolute Gasteiger partial charge is 0.445 e. The monoisotopic (exact) mass is 215 g/mol. The summed E-state index contributed by atoms with van der Waals surface area (Å²) in [7, 11) is 0. The Morgan fingerprint density at radius 3 is 2.46 bits per heavy atom. The molecule has 0 aliphatic heterocycles. The molecule has 1 N–H and O–H groups in total. The standard InChI is InChI=1S/C6H6BF3NO.K/c8-7(9,10)5-1-2-11-6(3-5)4-12;/h1-3,12H,4H2;/q-1;+1. The van der Waals surface area contributed by atoms with Crippen LogP contribution in [0.5, 0.6) is 0 Å². The molecule has 0 bridgehead atoms. The van der Waals surface area contributed by atoms with Crippen LogP contribution in [-0.2, 0) is 6.61 Å². The average molecular weight is 215 g/mol. The second kappa shape index (κ2) is 5.47. The third-order valence-corrected chi connectivity index (χ3v) is 1.38.